The van der Waals surface area contributed by atoms with E-state index in [1.807, 2.05) is 0 Å². The first-order chi connectivity index (χ1) is 9.91. The summed E-state index contributed by atoms with van der Waals surface area (Å²) in [6, 6.07) is 10.8. The lowest BCUT2D eigenvalue weighted by Gasteiger charge is -2.01. The number of benzene rings is 2. The van der Waals surface area contributed by atoms with Gasteiger partial charge in [-0.1, -0.05) is 41.4 Å². The number of ketones is 1. The predicted molar refractivity (Wildman–Crippen MR) is 82.4 cm³/mol. The van der Waals surface area contributed by atoms with E-state index in [1.54, 1.807) is 24.3 Å². The van der Waals surface area contributed by atoms with Crippen molar-refractivity contribution in [1.82, 2.24) is 0 Å². The third-order valence-corrected chi connectivity index (χ3v) is 5.56. The van der Waals surface area contributed by atoms with Gasteiger partial charge in [0.25, 0.3) is 0 Å². The molecule has 0 aromatic heterocycles. The molecule has 0 radical (unpaired) electrons. The predicted octanol–water partition coefficient (Wildman–Crippen LogP) is 4.00. The topological polar surface area (TPSA) is 51.2 Å². The van der Waals surface area contributed by atoms with E-state index in [9.17, 15) is 13.2 Å². The van der Waals surface area contributed by atoms with Gasteiger partial charge in [-0.2, -0.15) is 0 Å². The second-order valence-electron chi connectivity index (χ2n) is 4.50. The molecule has 3 nitrogen and oxygen atoms in total. The van der Waals surface area contributed by atoms with E-state index in [2.05, 4.69) is 0 Å². The minimum atomic E-state index is -3.80. The summed E-state index contributed by atoms with van der Waals surface area (Å²) in [5.74, 6) is -0.517. The minimum Gasteiger partial charge on any atom is -0.288 e. The molecule has 106 valence electrons. The van der Waals surface area contributed by atoms with Crippen molar-refractivity contribution in [3.8, 4) is 0 Å². The molecule has 1 heterocycles. The van der Waals surface area contributed by atoms with E-state index in [-0.39, 0.29) is 20.4 Å². The molecule has 0 saturated carbocycles. The summed E-state index contributed by atoms with van der Waals surface area (Å²) >= 11 is 11.8. The molecular weight excluding hydrogens is 331 g/mol. The summed E-state index contributed by atoms with van der Waals surface area (Å²) in [4.78, 5) is 12.0. The molecule has 6 heteroatoms. The molecule has 0 spiro atoms. The van der Waals surface area contributed by atoms with E-state index in [0.29, 0.717) is 10.6 Å². The molecule has 0 atom stereocenters. The van der Waals surface area contributed by atoms with Crippen LogP contribution in [0.5, 0.6) is 0 Å². The summed E-state index contributed by atoms with van der Waals surface area (Å²) in [6.45, 7) is 0. The SMILES string of the molecule is O=C1/C(=C/c2ccc(Cl)cc2Cl)S(=O)(=O)c2ccccc21. The van der Waals surface area contributed by atoms with Gasteiger partial charge in [-0.15, -0.1) is 0 Å². The van der Waals surface area contributed by atoms with Crippen molar-refractivity contribution in [2.45, 2.75) is 4.90 Å². The van der Waals surface area contributed by atoms with E-state index >= 15 is 0 Å². The van der Waals surface area contributed by atoms with Crippen LogP contribution < -0.4 is 0 Å². The lowest BCUT2D eigenvalue weighted by Crippen LogP contribution is -2.02. The summed E-state index contributed by atoms with van der Waals surface area (Å²) in [6.07, 6.45) is 1.29. The second-order valence-corrected chi connectivity index (χ2v) is 7.23. The zero-order valence-electron chi connectivity index (χ0n) is 10.5. The normalized spacial score (nSPS) is 18.0. The first-order valence-corrected chi connectivity index (χ1v) is 8.21. The summed E-state index contributed by atoms with van der Waals surface area (Å²) in [7, 11) is -3.80. The molecule has 2 aromatic carbocycles. The van der Waals surface area contributed by atoms with Gasteiger partial charge >= 0.3 is 0 Å². The molecule has 0 fully saturated rings. The Morgan fingerprint density at radius 3 is 2.38 bits per heavy atom. The van der Waals surface area contributed by atoms with Crippen molar-refractivity contribution >= 4 is 44.9 Å². The van der Waals surface area contributed by atoms with Crippen LogP contribution in [0.2, 0.25) is 10.0 Å². The zero-order chi connectivity index (χ0) is 15.2. The molecule has 2 aromatic rings. The first kappa shape index (κ1) is 14.3. The molecule has 0 aliphatic carbocycles. The lowest BCUT2D eigenvalue weighted by molar-refractivity contribution is 0.104. The zero-order valence-corrected chi connectivity index (χ0v) is 12.8. The molecule has 21 heavy (non-hydrogen) atoms. The van der Waals surface area contributed by atoms with Crippen LogP contribution in [0, 0.1) is 0 Å². The lowest BCUT2D eigenvalue weighted by atomic mass is 10.1. The van der Waals surface area contributed by atoms with Gasteiger partial charge in [0.05, 0.1) is 4.90 Å². The fraction of sp³-hybridized carbons (Fsp3) is 0. The first-order valence-electron chi connectivity index (χ1n) is 5.97. The van der Waals surface area contributed by atoms with Crippen LogP contribution in [0.1, 0.15) is 15.9 Å². The number of carbonyl (C=O) groups excluding carboxylic acids is 1. The van der Waals surface area contributed by atoms with Crippen molar-refractivity contribution in [1.29, 1.82) is 0 Å². The smallest absolute Gasteiger partial charge is 0.211 e. The molecule has 1 aliphatic rings. The highest BCUT2D eigenvalue weighted by molar-refractivity contribution is 7.97. The minimum absolute atomic E-state index is 0.0336. The van der Waals surface area contributed by atoms with Gasteiger partial charge in [0, 0.05) is 15.6 Å². The number of allylic oxidation sites excluding steroid dienone is 1. The number of hydrogen-bond donors (Lipinski definition) is 0. The van der Waals surface area contributed by atoms with Crippen LogP contribution in [-0.2, 0) is 9.84 Å². The van der Waals surface area contributed by atoms with Crippen LogP contribution in [0.3, 0.4) is 0 Å². The van der Waals surface area contributed by atoms with Gasteiger partial charge in [-0.3, -0.25) is 4.79 Å². The fourth-order valence-electron chi connectivity index (χ4n) is 2.16. The second kappa shape index (κ2) is 4.98. The van der Waals surface area contributed by atoms with E-state index < -0.39 is 15.6 Å². The van der Waals surface area contributed by atoms with E-state index in [0.717, 1.165) is 0 Å². The maximum atomic E-state index is 12.4. The molecular formula is C15H8Cl2O3S. The average molecular weight is 339 g/mol. The summed E-state index contributed by atoms with van der Waals surface area (Å²) in [5, 5.41) is 0.722. The Kier molecular flexibility index (Phi) is 3.40. The Bertz CT molecular complexity index is 899. The average Bonchev–Trinajstić information content (AvgIpc) is 2.63. The number of carbonyl (C=O) groups is 1. The van der Waals surface area contributed by atoms with E-state index in [4.69, 9.17) is 23.2 Å². The Morgan fingerprint density at radius 2 is 1.71 bits per heavy atom. The third kappa shape index (κ3) is 2.29. The van der Waals surface area contributed by atoms with E-state index in [1.165, 1.54) is 24.3 Å². The summed E-state index contributed by atoms with van der Waals surface area (Å²) < 4.78 is 24.8. The van der Waals surface area contributed by atoms with Gasteiger partial charge in [0.15, 0.2) is 0 Å². The highest BCUT2D eigenvalue weighted by Gasteiger charge is 2.38. The van der Waals surface area contributed by atoms with Crippen molar-refractivity contribution < 1.29 is 13.2 Å². The molecule has 0 N–H and O–H groups in total. The van der Waals surface area contributed by atoms with Crippen LogP contribution in [0.4, 0.5) is 0 Å². The van der Waals surface area contributed by atoms with Crippen molar-refractivity contribution in [2.24, 2.45) is 0 Å². The number of rotatable bonds is 1. The highest BCUT2D eigenvalue weighted by Crippen LogP contribution is 2.36. The number of sulfone groups is 1. The number of halogens is 2. The maximum Gasteiger partial charge on any atom is 0.211 e. The molecule has 0 unspecified atom stereocenters. The van der Waals surface area contributed by atoms with Crippen molar-refractivity contribution in [3.63, 3.8) is 0 Å². The number of fused-ring (bicyclic) bond motifs is 1. The summed E-state index contributed by atoms with van der Waals surface area (Å²) in [5.41, 5.74) is 0.620. The fourth-order valence-corrected chi connectivity index (χ4v) is 4.21. The standard InChI is InChI=1S/C15H8Cl2O3S/c16-10-6-5-9(12(17)8-10)7-14-15(18)11-3-1-2-4-13(11)21(14,19)20/h1-8H/b14-7-. The number of Topliss-reactive ketones (excluding diaryl/α,β-unsaturated/α-hetero) is 1. The third-order valence-electron chi connectivity index (χ3n) is 3.18. The van der Waals surface area contributed by atoms with Crippen molar-refractivity contribution in [2.75, 3.05) is 0 Å². The van der Waals surface area contributed by atoms with Crippen LogP contribution in [0.15, 0.2) is 52.3 Å². The molecule has 0 saturated heterocycles. The van der Waals surface area contributed by atoms with Gasteiger partial charge in [0.2, 0.25) is 15.6 Å². The molecule has 0 amide bonds. The monoisotopic (exact) mass is 338 g/mol. The number of hydrogen-bond acceptors (Lipinski definition) is 3. The van der Waals surface area contributed by atoms with Crippen LogP contribution in [-0.4, -0.2) is 14.2 Å². The Labute approximate surface area is 131 Å². The van der Waals surface area contributed by atoms with Gasteiger partial charge in [-0.25, -0.2) is 8.42 Å². The van der Waals surface area contributed by atoms with Crippen LogP contribution in [0.25, 0.3) is 6.08 Å². The molecule has 1 aliphatic heterocycles. The Hall–Kier alpha value is -1.62. The van der Waals surface area contributed by atoms with Crippen molar-refractivity contribution in [3.05, 3.63) is 68.5 Å². The Balaban J connectivity index is 2.21. The quantitative estimate of drug-likeness (QED) is 0.738. The molecule has 0 bridgehead atoms. The maximum absolute atomic E-state index is 12.4. The van der Waals surface area contributed by atoms with Gasteiger partial charge in [-0.05, 0) is 35.9 Å². The van der Waals surface area contributed by atoms with Gasteiger partial charge in [0.1, 0.15) is 4.91 Å². The van der Waals surface area contributed by atoms with Gasteiger partial charge < -0.3 is 0 Å². The molecule has 3 rings (SSSR count). The Morgan fingerprint density at radius 1 is 1.00 bits per heavy atom. The highest BCUT2D eigenvalue weighted by atomic mass is 35.5. The largest absolute Gasteiger partial charge is 0.288 e. The van der Waals surface area contributed by atoms with Crippen LogP contribution >= 0.6 is 23.2 Å².